The van der Waals surface area contributed by atoms with Gasteiger partial charge < -0.3 is 5.32 Å². The predicted molar refractivity (Wildman–Crippen MR) is 70.6 cm³/mol. The number of hydrogen-bond acceptors (Lipinski definition) is 2. The molecule has 1 fully saturated rings. The number of hydrogen-bond donors (Lipinski definition) is 1. The topological polar surface area (TPSA) is 12.0 Å². The summed E-state index contributed by atoms with van der Waals surface area (Å²) in [5.41, 5.74) is 0. The van der Waals surface area contributed by atoms with E-state index in [1.165, 1.54) is 30.3 Å². The molecule has 1 heterocycles. The van der Waals surface area contributed by atoms with Gasteiger partial charge in [-0.15, -0.1) is 11.3 Å². The number of halogens is 1. The van der Waals surface area contributed by atoms with E-state index in [1.807, 2.05) is 11.3 Å². The number of rotatable bonds is 4. The zero-order valence-electron chi connectivity index (χ0n) is 9.13. The first-order valence-electron chi connectivity index (χ1n) is 5.76. The van der Waals surface area contributed by atoms with Crippen LogP contribution in [0.1, 0.15) is 37.0 Å². The van der Waals surface area contributed by atoms with Crippen LogP contribution in [0.2, 0.25) is 0 Å². The Balaban J connectivity index is 2.04. The molecule has 0 bridgehead atoms. The highest BCUT2D eigenvalue weighted by Crippen LogP contribution is 2.44. The third kappa shape index (κ3) is 2.63. The lowest BCUT2D eigenvalue weighted by Gasteiger charge is -2.19. The zero-order chi connectivity index (χ0) is 10.7. The summed E-state index contributed by atoms with van der Waals surface area (Å²) in [6.45, 7) is 4.46. The highest BCUT2D eigenvalue weighted by atomic mass is 79.9. The minimum absolute atomic E-state index is 0.790. The van der Waals surface area contributed by atoms with Crippen molar-refractivity contribution < 1.29 is 0 Å². The first-order valence-corrected chi connectivity index (χ1v) is 7.43. The van der Waals surface area contributed by atoms with Crippen LogP contribution in [0.25, 0.3) is 0 Å². The van der Waals surface area contributed by atoms with Crippen molar-refractivity contribution in [2.75, 3.05) is 13.1 Å². The Hall–Kier alpha value is 0.140. The van der Waals surface area contributed by atoms with Gasteiger partial charge in [-0.05, 0) is 65.1 Å². The molecule has 15 heavy (non-hydrogen) atoms. The first kappa shape index (κ1) is 11.6. The van der Waals surface area contributed by atoms with Crippen molar-refractivity contribution in [3.8, 4) is 0 Å². The lowest BCUT2D eigenvalue weighted by Crippen LogP contribution is -2.23. The maximum atomic E-state index is 3.66. The largest absolute Gasteiger partial charge is 0.317 e. The average Bonchev–Trinajstić information content (AvgIpc) is 2.82. The number of nitrogens with one attached hydrogen (secondary N) is 1. The maximum absolute atomic E-state index is 3.66. The second kappa shape index (κ2) is 5.46. The molecule has 1 N–H and O–H groups in total. The van der Waals surface area contributed by atoms with Crippen LogP contribution in [0.4, 0.5) is 0 Å². The van der Waals surface area contributed by atoms with Crippen molar-refractivity contribution >= 4 is 27.3 Å². The average molecular weight is 288 g/mol. The van der Waals surface area contributed by atoms with Gasteiger partial charge in [0.25, 0.3) is 0 Å². The summed E-state index contributed by atoms with van der Waals surface area (Å²) in [6, 6.07) is 2.18. The number of thiophene rings is 1. The molecular weight excluding hydrogens is 270 g/mol. The molecule has 1 nitrogen and oxygen atoms in total. The Morgan fingerprint density at radius 1 is 1.53 bits per heavy atom. The molecule has 1 aliphatic rings. The van der Waals surface area contributed by atoms with E-state index in [4.69, 9.17) is 0 Å². The third-order valence-corrected chi connectivity index (χ3v) is 5.30. The van der Waals surface area contributed by atoms with Crippen molar-refractivity contribution in [2.24, 2.45) is 5.92 Å². The summed E-state index contributed by atoms with van der Waals surface area (Å²) in [7, 11) is 0. The normalized spacial score (nSPS) is 26.0. The fourth-order valence-electron chi connectivity index (χ4n) is 2.53. The van der Waals surface area contributed by atoms with Crippen molar-refractivity contribution in [1.29, 1.82) is 0 Å². The second-order valence-electron chi connectivity index (χ2n) is 4.24. The minimum Gasteiger partial charge on any atom is -0.317 e. The summed E-state index contributed by atoms with van der Waals surface area (Å²) < 4.78 is 1.32. The molecule has 3 heteroatoms. The van der Waals surface area contributed by atoms with Gasteiger partial charge in [-0.3, -0.25) is 0 Å². The van der Waals surface area contributed by atoms with E-state index in [-0.39, 0.29) is 0 Å². The van der Waals surface area contributed by atoms with Gasteiger partial charge in [0, 0.05) is 9.35 Å². The van der Waals surface area contributed by atoms with Crippen LogP contribution in [0.15, 0.2) is 15.9 Å². The van der Waals surface area contributed by atoms with E-state index in [9.17, 15) is 0 Å². The highest BCUT2D eigenvalue weighted by molar-refractivity contribution is 9.10. The van der Waals surface area contributed by atoms with Gasteiger partial charge in [-0.1, -0.05) is 13.3 Å². The van der Waals surface area contributed by atoms with E-state index in [2.05, 4.69) is 39.6 Å². The molecule has 0 aliphatic heterocycles. The predicted octanol–water partition coefficient (Wildman–Crippen LogP) is 4.00. The van der Waals surface area contributed by atoms with E-state index in [0.717, 1.165) is 18.4 Å². The Morgan fingerprint density at radius 2 is 2.40 bits per heavy atom. The molecule has 1 aliphatic carbocycles. The molecule has 2 unspecified atom stereocenters. The minimum atomic E-state index is 0.790. The van der Waals surface area contributed by atoms with Gasteiger partial charge in [0.15, 0.2) is 0 Å². The summed E-state index contributed by atoms with van der Waals surface area (Å²) in [5, 5.41) is 5.69. The SMILES string of the molecule is CCNCC1CCCC1c1sccc1Br. The smallest absolute Gasteiger partial charge is 0.0317 e. The summed E-state index contributed by atoms with van der Waals surface area (Å²) >= 11 is 5.57. The Bertz CT molecular complexity index is 310. The lowest BCUT2D eigenvalue weighted by molar-refractivity contribution is 0.453. The van der Waals surface area contributed by atoms with Crippen molar-refractivity contribution in [1.82, 2.24) is 5.32 Å². The van der Waals surface area contributed by atoms with Gasteiger partial charge in [-0.25, -0.2) is 0 Å². The van der Waals surface area contributed by atoms with Crippen LogP contribution in [-0.4, -0.2) is 13.1 Å². The van der Waals surface area contributed by atoms with Gasteiger partial charge in [0.2, 0.25) is 0 Å². The highest BCUT2D eigenvalue weighted by Gasteiger charge is 2.30. The molecule has 1 aromatic rings. The molecule has 0 saturated heterocycles. The molecule has 2 rings (SSSR count). The lowest BCUT2D eigenvalue weighted by atomic mass is 9.94. The van der Waals surface area contributed by atoms with Crippen LogP contribution < -0.4 is 5.32 Å². The third-order valence-electron chi connectivity index (χ3n) is 3.30. The first-order chi connectivity index (χ1) is 7.33. The molecule has 0 amide bonds. The van der Waals surface area contributed by atoms with Gasteiger partial charge in [0.1, 0.15) is 0 Å². The fourth-order valence-corrected chi connectivity index (χ4v) is 4.42. The van der Waals surface area contributed by atoms with Crippen LogP contribution in [0.3, 0.4) is 0 Å². The second-order valence-corrected chi connectivity index (χ2v) is 6.04. The standard InChI is InChI=1S/C12H18BrNS/c1-2-14-8-9-4-3-5-10(9)12-11(13)6-7-15-12/h6-7,9-10,14H,2-5,8H2,1H3. The molecule has 0 radical (unpaired) electrons. The van der Waals surface area contributed by atoms with Crippen LogP contribution >= 0.6 is 27.3 Å². The van der Waals surface area contributed by atoms with Crippen molar-refractivity contribution in [2.45, 2.75) is 32.1 Å². The van der Waals surface area contributed by atoms with Crippen LogP contribution in [0, 0.1) is 5.92 Å². The molecule has 2 atom stereocenters. The van der Waals surface area contributed by atoms with Crippen molar-refractivity contribution in [3.63, 3.8) is 0 Å². The zero-order valence-corrected chi connectivity index (χ0v) is 11.5. The van der Waals surface area contributed by atoms with Gasteiger partial charge in [-0.2, -0.15) is 0 Å². The molecular formula is C12H18BrNS. The molecule has 1 saturated carbocycles. The van der Waals surface area contributed by atoms with Gasteiger partial charge >= 0.3 is 0 Å². The summed E-state index contributed by atoms with van der Waals surface area (Å²) in [5.74, 6) is 1.64. The van der Waals surface area contributed by atoms with Crippen LogP contribution in [0.5, 0.6) is 0 Å². The molecule has 1 aromatic heterocycles. The van der Waals surface area contributed by atoms with Crippen molar-refractivity contribution in [3.05, 3.63) is 20.8 Å². The monoisotopic (exact) mass is 287 g/mol. The van der Waals surface area contributed by atoms with Crippen LogP contribution in [-0.2, 0) is 0 Å². The molecule has 84 valence electrons. The van der Waals surface area contributed by atoms with E-state index in [1.54, 1.807) is 4.88 Å². The Kier molecular flexibility index (Phi) is 4.23. The maximum Gasteiger partial charge on any atom is 0.0317 e. The summed E-state index contributed by atoms with van der Waals surface area (Å²) in [6.07, 6.45) is 4.16. The van der Waals surface area contributed by atoms with E-state index in [0.29, 0.717) is 0 Å². The van der Waals surface area contributed by atoms with E-state index >= 15 is 0 Å². The van der Waals surface area contributed by atoms with E-state index < -0.39 is 0 Å². The summed E-state index contributed by atoms with van der Waals surface area (Å²) in [4.78, 5) is 1.57. The fraction of sp³-hybridized carbons (Fsp3) is 0.667. The molecule has 0 spiro atoms. The Morgan fingerprint density at radius 3 is 3.07 bits per heavy atom. The van der Waals surface area contributed by atoms with Gasteiger partial charge in [0.05, 0.1) is 0 Å². The molecule has 0 aromatic carbocycles. The quantitative estimate of drug-likeness (QED) is 0.883. The Labute approximate surface area is 104 Å².